The molecule has 118 valence electrons. The normalized spacial score (nSPS) is 10.6. The third kappa shape index (κ3) is 4.59. The van der Waals surface area contributed by atoms with E-state index in [1.807, 2.05) is 0 Å². The molecule has 0 aliphatic heterocycles. The minimum atomic E-state index is -1.24. The third-order valence-electron chi connectivity index (χ3n) is 3.27. The summed E-state index contributed by atoms with van der Waals surface area (Å²) in [5.74, 6) is -3.42. The molecule has 6 heteroatoms. The zero-order chi connectivity index (χ0) is 17.0. The van der Waals surface area contributed by atoms with Gasteiger partial charge in [-0.15, -0.1) is 0 Å². The molecule has 2 aromatic carbocycles. The molecule has 1 N–H and O–H groups in total. The van der Waals surface area contributed by atoms with E-state index in [1.54, 1.807) is 48.5 Å². The maximum Gasteiger partial charge on any atom is 0.304 e. The summed E-state index contributed by atoms with van der Waals surface area (Å²) in [6.45, 7) is 0. The fraction of sp³-hybridized carbons (Fsp3) is 0.118. The van der Waals surface area contributed by atoms with Gasteiger partial charge in [-0.2, -0.15) is 0 Å². The summed E-state index contributed by atoms with van der Waals surface area (Å²) in [4.78, 5) is 36.2. The van der Waals surface area contributed by atoms with Crippen LogP contribution in [0.3, 0.4) is 0 Å². The Hall–Kier alpha value is -1.79. The Labute approximate surface area is 149 Å². The molecular formula is C17H12Br2O4. The van der Waals surface area contributed by atoms with Gasteiger partial charge in [0.2, 0.25) is 0 Å². The van der Waals surface area contributed by atoms with Crippen LogP contribution in [-0.2, 0) is 4.79 Å². The Bertz CT molecular complexity index is 679. The molecule has 0 radical (unpaired) electrons. The molecular weight excluding hydrogens is 428 g/mol. The van der Waals surface area contributed by atoms with Crippen molar-refractivity contribution in [3.63, 3.8) is 0 Å². The lowest BCUT2D eigenvalue weighted by molar-refractivity contribution is -0.137. The zero-order valence-electron chi connectivity index (χ0n) is 11.8. The highest BCUT2D eigenvalue weighted by Gasteiger charge is 2.30. The molecule has 0 aliphatic carbocycles. The van der Waals surface area contributed by atoms with E-state index >= 15 is 0 Å². The van der Waals surface area contributed by atoms with Crippen molar-refractivity contribution in [2.24, 2.45) is 5.92 Å². The van der Waals surface area contributed by atoms with E-state index in [2.05, 4.69) is 31.9 Å². The van der Waals surface area contributed by atoms with E-state index in [0.717, 1.165) is 8.95 Å². The van der Waals surface area contributed by atoms with Gasteiger partial charge in [-0.25, -0.2) is 0 Å². The topological polar surface area (TPSA) is 71.4 Å². The summed E-state index contributed by atoms with van der Waals surface area (Å²) in [7, 11) is 0. The number of rotatable bonds is 6. The Morgan fingerprint density at radius 2 is 1.13 bits per heavy atom. The van der Waals surface area contributed by atoms with Gasteiger partial charge in [-0.1, -0.05) is 56.1 Å². The van der Waals surface area contributed by atoms with E-state index in [0.29, 0.717) is 11.1 Å². The number of Topliss-reactive ketones (excluding diaryl/α,β-unsaturated/α-hetero) is 2. The first-order chi connectivity index (χ1) is 10.9. The van der Waals surface area contributed by atoms with Crippen LogP contribution in [0, 0.1) is 5.92 Å². The highest BCUT2D eigenvalue weighted by atomic mass is 79.9. The predicted octanol–water partition coefficient (Wildman–Crippen LogP) is 4.37. The number of carbonyl (C=O) groups excluding carboxylic acids is 2. The molecule has 0 spiro atoms. The minimum absolute atomic E-state index is 0.310. The molecule has 0 saturated heterocycles. The van der Waals surface area contributed by atoms with Crippen LogP contribution in [0.15, 0.2) is 57.5 Å². The lowest BCUT2D eigenvalue weighted by Gasteiger charge is -2.13. The van der Waals surface area contributed by atoms with Crippen molar-refractivity contribution in [3.8, 4) is 0 Å². The third-order valence-corrected chi connectivity index (χ3v) is 4.33. The van der Waals surface area contributed by atoms with Gasteiger partial charge in [-0.05, 0) is 24.3 Å². The van der Waals surface area contributed by atoms with Crippen molar-refractivity contribution < 1.29 is 19.5 Å². The summed E-state index contributed by atoms with van der Waals surface area (Å²) in [5.41, 5.74) is 0.620. The maximum atomic E-state index is 12.6. The van der Waals surface area contributed by atoms with Gasteiger partial charge in [0.25, 0.3) is 0 Å². The lowest BCUT2D eigenvalue weighted by atomic mass is 9.87. The van der Waals surface area contributed by atoms with Gasteiger partial charge in [0.15, 0.2) is 11.6 Å². The van der Waals surface area contributed by atoms with E-state index in [4.69, 9.17) is 5.11 Å². The van der Waals surface area contributed by atoms with E-state index < -0.39 is 29.9 Å². The molecule has 0 fully saturated rings. The fourth-order valence-electron chi connectivity index (χ4n) is 2.11. The number of carboxylic acids is 1. The molecule has 0 unspecified atom stereocenters. The van der Waals surface area contributed by atoms with Crippen molar-refractivity contribution >= 4 is 49.4 Å². The quantitative estimate of drug-likeness (QED) is 0.535. The van der Waals surface area contributed by atoms with Crippen molar-refractivity contribution in [2.75, 3.05) is 0 Å². The van der Waals surface area contributed by atoms with Gasteiger partial charge in [0.05, 0.1) is 12.3 Å². The Balaban J connectivity index is 2.34. The first kappa shape index (κ1) is 17.6. The Kier molecular flexibility index (Phi) is 5.85. The van der Waals surface area contributed by atoms with Crippen LogP contribution < -0.4 is 0 Å². The van der Waals surface area contributed by atoms with Crippen molar-refractivity contribution in [2.45, 2.75) is 6.42 Å². The zero-order valence-corrected chi connectivity index (χ0v) is 15.0. The second-order valence-electron chi connectivity index (χ2n) is 4.89. The number of ketones is 2. The molecule has 23 heavy (non-hydrogen) atoms. The molecule has 0 heterocycles. The van der Waals surface area contributed by atoms with Crippen LogP contribution in [0.4, 0.5) is 0 Å². The predicted molar refractivity (Wildman–Crippen MR) is 92.7 cm³/mol. The molecule has 2 aromatic rings. The molecule has 0 amide bonds. The molecule has 2 rings (SSSR count). The van der Waals surface area contributed by atoms with E-state index in [9.17, 15) is 14.4 Å². The van der Waals surface area contributed by atoms with E-state index in [1.165, 1.54) is 0 Å². The van der Waals surface area contributed by atoms with Crippen molar-refractivity contribution in [3.05, 3.63) is 68.6 Å². The van der Waals surface area contributed by atoms with Gasteiger partial charge in [0.1, 0.15) is 0 Å². The van der Waals surface area contributed by atoms with Crippen LogP contribution >= 0.6 is 31.9 Å². The fourth-order valence-corrected chi connectivity index (χ4v) is 2.64. The number of carbonyl (C=O) groups is 3. The first-order valence-electron chi connectivity index (χ1n) is 6.70. The van der Waals surface area contributed by atoms with E-state index in [-0.39, 0.29) is 0 Å². The monoisotopic (exact) mass is 438 g/mol. The number of benzene rings is 2. The Morgan fingerprint density at radius 1 is 0.783 bits per heavy atom. The van der Waals surface area contributed by atoms with Gasteiger partial charge in [-0.3, -0.25) is 14.4 Å². The van der Waals surface area contributed by atoms with Crippen LogP contribution in [-0.4, -0.2) is 22.6 Å². The van der Waals surface area contributed by atoms with Crippen LogP contribution in [0.2, 0.25) is 0 Å². The second-order valence-corrected chi connectivity index (χ2v) is 6.72. The number of hydrogen-bond donors (Lipinski definition) is 1. The maximum absolute atomic E-state index is 12.6. The average Bonchev–Trinajstić information content (AvgIpc) is 2.52. The highest BCUT2D eigenvalue weighted by Crippen LogP contribution is 2.21. The van der Waals surface area contributed by atoms with Crippen molar-refractivity contribution in [1.29, 1.82) is 0 Å². The minimum Gasteiger partial charge on any atom is -0.481 e. The van der Waals surface area contributed by atoms with Gasteiger partial charge in [0, 0.05) is 20.1 Å². The largest absolute Gasteiger partial charge is 0.481 e. The number of carboxylic acid groups (broad SMARTS) is 1. The Morgan fingerprint density at radius 3 is 1.43 bits per heavy atom. The molecule has 0 aromatic heterocycles. The smallest absolute Gasteiger partial charge is 0.304 e. The number of halogens is 2. The average molecular weight is 440 g/mol. The number of hydrogen-bond acceptors (Lipinski definition) is 3. The van der Waals surface area contributed by atoms with Crippen LogP contribution in [0.1, 0.15) is 27.1 Å². The van der Waals surface area contributed by atoms with Crippen molar-refractivity contribution in [1.82, 2.24) is 0 Å². The van der Waals surface area contributed by atoms with Gasteiger partial charge < -0.3 is 5.11 Å². The molecule has 0 atom stereocenters. The first-order valence-corrected chi connectivity index (χ1v) is 8.28. The molecule has 4 nitrogen and oxygen atoms in total. The molecule has 0 saturated carbocycles. The highest BCUT2D eigenvalue weighted by molar-refractivity contribution is 9.10. The standard InChI is InChI=1S/C17H12Br2O4/c18-12-5-1-10(2-6-12)16(22)14(9-15(20)21)17(23)11-3-7-13(19)8-4-11/h1-8,14H,9H2,(H,20,21). The summed E-state index contributed by atoms with van der Waals surface area (Å²) in [5, 5.41) is 9.04. The molecule has 0 bridgehead atoms. The summed E-state index contributed by atoms with van der Waals surface area (Å²) >= 11 is 6.54. The van der Waals surface area contributed by atoms with Crippen LogP contribution in [0.25, 0.3) is 0 Å². The second kappa shape index (κ2) is 7.66. The summed E-state index contributed by atoms with van der Waals surface area (Å²) < 4.78 is 1.59. The van der Waals surface area contributed by atoms with Gasteiger partial charge >= 0.3 is 5.97 Å². The van der Waals surface area contributed by atoms with Crippen LogP contribution in [0.5, 0.6) is 0 Å². The summed E-state index contributed by atoms with van der Waals surface area (Å²) in [6.07, 6.45) is -0.538. The summed E-state index contributed by atoms with van der Waals surface area (Å²) in [6, 6.07) is 13.0. The SMILES string of the molecule is O=C(O)CC(C(=O)c1ccc(Br)cc1)C(=O)c1ccc(Br)cc1. The molecule has 0 aliphatic rings. The lowest BCUT2D eigenvalue weighted by Crippen LogP contribution is -2.27. The number of aliphatic carboxylic acids is 1.